The molecular weight excluding hydrogens is 391 g/mol. The third kappa shape index (κ3) is 4.06. The second-order valence-electron chi connectivity index (χ2n) is 6.96. The summed E-state index contributed by atoms with van der Waals surface area (Å²) in [5, 5.41) is 0.972. The van der Waals surface area contributed by atoms with Crippen LogP contribution in [0.3, 0.4) is 0 Å². The van der Waals surface area contributed by atoms with Gasteiger partial charge < -0.3 is 4.90 Å². The smallest absolute Gasteiger partial charge is 0.259 e. The van der Waals surface area contributed by atoms with Gasteiger partial charge in [0.1, 0.15) is 0 Å². The molecule has 1 unspecified atom stereocenters. The van der Waals surface area contributed by atoms with Crippen molar-refractivity contribution in [1.29, 1.82) is 0 Å². The summed E-state index contributed by atoms with van der Waals surface area (Å²) in [6, 6.07) is 12.9. The van der Waals surface area contributed by atoms with Crippen molar-refractivity contribution < 1.29 is 4.79 Å². The predicted molar refractivity (Wildman–Crippen MR) is 117 cm³/mol. The molecule has 0 fully saturated rings. The lowest BCUT2D eigenvalue weighted by atomic mass is 9.96. The van der Waals surface area contributed by atoms with E-state index in [2.05, 4.69) is 31.0 Å². The Labute approximate surface area is 175 Å². The summed E-state index contributed by atoms with van der Waals surface area (Å²) < 4.78 is 0. The first-order chi connectivity index (χ1) is 13.3. The van der Waals surface area contributed by atoms with Crippen molar-refractivity contribution in [2.24, 2.45) is 0 Å². The molecule has 28 heavy (non-hydrogen) atoms. The van der Waals surface area contributed by atoms with Crippen LogP contribution in [0.2, 0.25) is 10.0 Å². The number of carbonyl (C=O) groups excluding carboxylic acids is 1. The van der Waals surface area contributed by atoms with Gasteiger partial charge in [-0.1, -0.05) is 41.4 Å². The quantitative estimate of drug-likeness (QED) is 0.476. The maximum Gasteiger partial charge on any atom is 0.259 e. The van der Waals surface area contributed by atoms with E-state index in [0.717, 1.165) is 16.7 Å². The SMILES string of the molecule is Cc1cnccc1C(=O)N(c1cc(Cl)cc(Cl)c1)C(C)c1cccc(C)c1C. The molecular formula is C23H22Cl2N2O. The van der Waals surface area contributed by atoms with E-state index in [1.165, 1.54) is 5.56 Å². The molecule has 0 aliphatic heterocycles. The number of nitrogens with zero attached hydrogens (tertiary/aromatic N) is 2. The number of carbonyl (C=O) groups is 1. The topological polar surface area (TPSA) is 33.2 Å². The third-order valence-electron chi connectivity index (χ3n) is 5.08. The zero-order valence-corrected chi connectivity index (χ0v) is 17.8. The van der Waals surface area contributed by atoms with E-state index in [1.807, 2.05) is 19.9 Å². The van der Waals surface area contributed by atoms with Gasteiger partial charge in [0, 0.05) is 33.7 Å². The van der Waals surface area contributed by atoms with Crippen LogP contribution in [-0.4, -0.2) is 10.9 Å². The van der Waals surface area contributed by atoms with Gasteiger partial charge in [0.05, 0.1) is 6.04 Å². The van der Waals surface area contributed by atoms with Crippen LogP contribution in [0, 0.1) is 20.8 Å². The summed E-state index contributed by atoms with van der Waals surface area (Å²) in [4.78, 5) is 19.5. The number of rotatable bonds is 4. The van der Waals surface area contributed by atoms with Crippen molar-refractivity contribution in [3.63, 3.8) is 0 Å². The monoisotopic (exact) mass is 412 g/mol. The first-order valence-corrected chi connectivity index (χ1v) is 9.81. The predicted octanol–water partition coefficient (Wildman–Crippen LogP) is 6.72. The van der Waals surface area contributed by atoms with Crippen LogP contribution in [0.15, 0.2) is 54.9 Å². The second-order valence-corrected chi connectivity index (χ2v) is 7.83. The van der Waals surface area contributed by atoms with E-state index in [0.29, 0.717) is 21.3 Å². The standard InChI is InChI=1S/C23H22Cl2N2O/c1-14-6-5-7-22(16(14)3)17(4)27(20-11-18(24)10-19(25)12-20)23(28)21-8-9-26-13-15(21)2/h5-13,17H,1-4H3. The van der Waals surface area contributed by atoms with Crippen molar-refractivity contribution in [2.45, 2.75) is 33.7 Å². The molecule has 0 bridgehead atoms. The van der Waals surface area contributed by atoms with Crippen molar-refractivity contribution in [3.8, 4) is 0 Å². The molecule has 0 aliphatic carbocycles. The van der Waals surface area contributed by atoms with Crippen LogP contribution in [0.5, 0.6) is 0 Å². The molecule has 2 aromatic carbocycles. The van der Waals surface area contributed by atoms with Gasteiger partial charge >= 0.3 is 0 Å². The average Bonchev–Trinajstić information content (AvgIpc) is 2.63. The fourth-order valence-electron chi connectivity index (χ4n) is 3.40. The Morgan fingerprint density at radius 3 is 2.32 bits per heavy atom. The summed E-state index contributed by atoms with van der Waals surface area (Å²) in [6.07, 6.45) is 3.32. The first kappa shape index (κ1) is 20.4. The first-order valence-electron chi connectivity index (χ1n) is 9.06. The van der Waals surface area contributed by atoms with Gasteiger partial charge in [-0.05, 0) is 74.2 Å². The molecule has 0 saturated carbocycles. The molecule has 144 valence electrons. The summed E-state index contributed by atoms with van der Waals surface area (Å²) in [7, 11) is 0. The highest BCUT2D eigenvalue weighted by Gasteiger charge is 2.27. The van der Waals surface area contributed by atoms with Crippen molar-refractivity contribution >= 4 is 34.8 Å². The van der Waals surface area contributed by atoms with Crippen LogP contribution >= 0.6 is 23.2 Å². The van der Waals surface area contributed by atoms with E-state index < -0.39 is 0 Å². The van der Waals surface area contributed by atoms with Gasteiger partial charge in [0.25, 0.3) is 5.91 Å². The van der Waals surface area contributed by atoms with E-state index >= 15 is 0 Å². The molecule has 5 heteroatoms. The molecule has 1 heterocycles. The van der Waals surface area contributed by atoms with E-state index in [4.69, 9.17) is 23.2 Å². The minimum atomic E-state index is -0.213. The van der Waals surface area contributed by atoms with E-state index in [1.54, 1.807) is 41.6 Å². The number of aryl methyl sites for hydroxylation is 2. The molecule has 0 saturated heterocycles. The van der Waals surface area contributed by atoms with Gasteiger partial charge in [-0.25, -0.2) is 0 Å². The molecule has 1 amide bonds. The Kier molecular flexibility index (Phi) is 6.07. The largest absolute Gasteiger partial charge is 0.301 e. The van der Waals surface area contributed by atoms with Crippen molar-refractivity contribution in [3.05, 3.63) is 92.7 Å². The fraction of sp³-hybridized carbons (Fsp3) is 0.217. The van der Waals surface area contributed by atoms with Gasteiger partial charge in [0.15, 0.2) is 0 Å². The number of hydrogen-bond donors (Lipinski definition) is 0. The zero-order chi connectivity index (χ0) is 20.4. The number of pyridine rings is 1. The highest BCUT2D eigenvalue weighted by atomic mass is 35.5. The molecule has 3 nitrogen and oxygen atoms in total. The van der Waals surface area contributed by atoms with Gasteiger partial charge in [-0.2, -0.15) is 0 Å². The molecule has 1 aromatic heterocycles. The van der Waals surface area contributed by atoms with Crippen LogP contribution in [0.25, 0.3) is 0 Å². The molecule has 3 rings (SSSR count). The average molecular weight is 413 g/mol. The Morgan fingerprint density at radius 2 is 1.68 bits per heavy atom. The van der Waals surface area contributed by atoms with Crippen molar-refractivity contribution in [1.82, 2.24) is 4.98 Å². The third-order valence-corrected chi connectivity index (χ3v) is 5.52. The Morgan fingerprint density at radius 1 is 1.00 bits per heavy atom. The summed E-state index contributed by atoms with van der Waals surface area (Å²) in [5.41, 5.74) is 5.50. The molecule has 1 atom stereocenters. The summed E-state index contributed by atoms with van der Waals surface area (Å²) in [6.45, 7) is 8.05. The van der Waals surface area contributed by atoms with Crippen LogP contribution in [0.1, 0.15) is 45.6 Å². The number of amides is 1. The summed E-state index contributed by atoms with van der Waals surface area (Å²) in [5.74, 6) is -0.119. The number of aromatic nitrogens is 1. The number of hydrogen-bond acceptors (Lipinski definition) is 2. The van der Waals surface area contributed by atoms with Crippen LogP contribution in [0.4, 0.5) is 5.69 Å². The minimum Gasteiger partial charge on any atom is -0.301 e. The lowest BCUT2D eigenvalue weighted by molar-refractivity contribution is 0.0977. The number of halogens is 2. The number of anilines is 1. The lowest BCUT2D eigenvalue weighted by Crippen LogP contribution is -2.34. The zero-order valence-electron chi connectivity index (χ0n) is 16.3. The fourth-order valence-corrected chi connectivity index (χ4v) is 3.92. The van der Waals surface area contributed by atoms with E-state index in [-0.39, 0.29) is 11.9 Å². The minimum absolute atomic E-state index is 0.119. The maximum atomic E-state index is 13.6. The summed E-state index contributed by atoms with van der Waals surface area (Å²) >= 11 is 12.5. The molecule has 0 aliphatic rings. The lowest BCUT2D eigenvalue weighted by Gasteiger charge is -2.32. The highest BCUT2D eigenvalue weighted by Crippen LogP contribution is 2.34. The Balaban J connectivity index is 2.18. The van der Waals surface area contributed by atoms with Gasteiger partial charge in [0.2, 0.25) is 0 Å². The van der Waals surface area contributed by atoms with E-state index in [9.17, 15) is 4.79 Å². The second kappa shape index (κ2) is 8.34. The molecule has 0 N–H and O–H groups in total. The van der Waals surface area contributed by atoms with Gasteiger partial charge in [-0.15, -0.1) is 0 Å². The molecule has 0 spiro atoms. The van der Waals surface area contributed by atoms with Gasteiger partial charge in [-0.3, -0.25) is 9.78 Å². The highest BCUT2D eigenvalue weighted by molar-refractivity contribution is 6.35. The Bertz CT molecular complexity index is 1010. The molecule has 3 aromatic rings. The van der Waals surface area contributed by atoms with Crippen LogP contribution in [-0.2, 0) is 0 Å². The van der Waals surface area contributed by atoms with Crippen LogP contribution < -0.4 is 4.90 Å². The normalized spacial score (nSPS) is 11.9. The molecule has 0 radical (unpaired) electrons. The van der Waals surface area contributed by atoms with Crippen molar-refractivity contribution in [2.75, 3.05) is 4.90 Å². The Hall–Kier alpha value is -2.36. The number of benzene rings is 2. The maximum absolute atomic E-state index is 13.6.